The number of rotatable bonds is 3. The van der Waals surface area contributed by atoms with Crippen molar-refractivity contribution in [3.05, 3.63) is 54.0 Å². The number of hydrogen-bond acceptors (Lipinski definition) is 2. The van der Waals surface area contributed by atoms with Gasteiger partial charge in [0, 0.05) is 18.5 Å². The SMILES string of the molecule is COC1C=CC(Nc2ccc(F)cc2)=CC1. The molecule has 1 atom stereocenters. The largest absolute Gasteiger partial charge is 0.377 e. The Kier molecular flexibility index (Phi) is 3.37. The summed E-state index contributed by atoms with van der Waals surface area (Å²) in [7, 11) is 1.70. The molecule has 3 heteroatoms. The molecule has 1 aromatic carbocycles. The zero-order valence-corrected chi connectivity index (χ0v) is 9.11. The molecule has 0 spiro atoms. The minimum absolute atomic E-state index is 0.166. The number of nitrogens with one attached hydrogen (secondary N) is 1. The van der Waals surface area contributed by atoms with Crippen LogP contribution in [-0.2, 0) is 4.74 Å². The highest BCUT2D eigenvalue weighted by Gasteiger charge is 2.06. The molecular formula is C13H14FNO. The second-order valence-corrected chi connectivity index (χ2v) is 3.66. The third-order valence-electron chi connectivity index (χ3n) is 2.50. The molecule has 16 heavy (non-hydrogen) atoms. The summed E-state index contributed by atoms with van der Waals surface area (Å²) in [5.74, 6) is -0.224. The Labute approximate surface area is 94.4 Å². The number of hydrogen-bond donors (Lipinski definition) is 1. The minimum atomic E-state index is -0.224. The smallest absolute Gasteiger partial charge is 0.123 e. The van der Waals surface area contributed by atoms with Gasteiger partial charge in [-0.1, -0.05) is 12.2 Å². The molecule has 0 saturated heterocycles. The molecule has 0 amide bonds. The topological polar surface area (TPSA) is 21.3 Å². The minimum Gasteiger partial charge on any atom is -0.377 e. The van der Waals surface area contributed by atoms with E-state index in [1.54, 1.807) is 19.2 Å². The van der Waals surface area contributed by atoms with E-state index in [4.69, 9.17) is 4.74 Å². The third kappa shape index (κ3) is 2.70. The van der Waals surface area contributed by atoms with Crippen LogP contribution in [0.3, 0.4) is 0 Å². The van der Waals surface area contributed by atoms with Crippen LogP contribution in [0.1, 0.15) is 6.42 Å². The van der Waals surface area contributed by atoms with Gasteiger partial charge in [0.25, 0.3) is 0 Å². The van der Waals surface area contributed by atoms with Gasteiger partial charge in [0.2, 0.25) is 0 Å². The van der Waals surface area contributed by atoms with Crippen LogP contribution in [0.25, 0.3) is 0 Å². The van der Waals surface area contributed by atoms with E-state index in [2.05, 4.69) is 11.4 Å². The van der Waals surface area contributed by atoms with E-state index < -0.39 is 0 Å². The second-order valence-electron chi connectivity index (χ2n) is 3.66. The Morgan fingerprint density at radius 2 is 2.06 bits per heavy atom. The quantitative estimate of drug-likeness (QED) is 0.843. The number of methoxy groups -OCH3 is 1. The first kappa shape index (κ1) is 10.9. The van der Waals surface area contributed by atoms with Crippen LogP contribution in [0.2, 0.25) is 0 Å². The molecule has 1 aromatic rings. The fourth-order valence-electron chi connectivity index (χ4n) is 1.57. The Hall–Kier alpha value is -1.61. The van der Waals surface area contributed by atoms with Crippen LogP contribution >= 0.6 is 0 Å². The highest BCUT2D eigenvalue weighted by Crippen LogP contribution is 2.16. The van der Waals surface area contributed by atoms with Crippen molar-refractivity contribution < 1.29 is 9.13 Å². The van der Waals surface area contributed by atoms with Gasteiger partial charge in [-0.25, -0.2) is 4.39 Å². The number of halogens is 1. The van der Waals surface area contributed by atoms with Crippen LogP contribution in [0.5, 0.6) is 0 Å². The van der Waals surface area contributed by atoms with Gasteiger partial charge in [0.05, 0.1) is 6.10 Å². The van der Waals surface area contributed by atoms with Gasteiger partial charge in [0.1, 0.15) is 5.82 Å². The summed E-state index contributed by atoms with van der Waals surface area (Å²) in [6.45, 7) is 0. The lowest BCUT2D eigenvalue weighted by Gasteiger charge is -2.15. The number of anilines is 1. The van der Waals surface area contributed by atoms with Crippen molar-refractivity contribution in [1.29, 1.82) is 0 Å². The monoisotopic (exact) mass is 219 g/mol. The molecule has 0 saturated carbocycles. The average Bonchev–Trinajstić information content (AvgIpc) is 2.33. The molecule has 1 aliphatic carbocycles. The predicted molar refractivity (Wildman–Crippen MR) is 62.7 cm³/mol. The molecule has 1 aliphatic rings. The van der Waals surface area contributed by atoms with Crippen molar-refractivity contribution in [2.24, 2.45) is 0 Å². The zero-order chi connectivity index (χ0) is 11.4. The fraction of sp³-hybridized carbons (Fsp3) is 0.231. The normalized spacial score (nSPS) is 19.4. The van der Waals surface area contributed by atoms with E-state index in [0.29, 0.717) is 0 Å². The third-order valence-corrected chi connectivity index (χ3v) is 2.50. The summed E-state index contributed by atoms with van der Waals surface area (Å²) in [5, 5.41) is 3.20. The van der Waals surface area contributed by atoms with E-state index in [1.807, 2.05) is 12.2 Å². The molecule has 0 fully saturated rings. The maximum absolute atomic E-state index is 12.7. The molecule has 84 valence electrons. The van der Waals surface area contributed by atoms with Gasteiger partial charge in [-0.3, -0.25) is 0 Å². The van der Waals surface area contributed by atoms with Gasteiger partial charge in [-0.15, -0.1) is 0 Å². The van der Waals surface area contributed by atoms with E-state index in [-0.39, 0.29) is 11.9 Å². The lowest BCUT2D eigenvalue weighted by atomic mass is 10.1. The van der Waals surface area contributed by atoms with Crippen LogP contribution in [0.15, 0.2) is 48.2 Å². The molecular weight excluding hydrogens is 205 g/mol. The van der Waals surface area contributed by atoms with Crippen molar-refractivity contribution >= 4 is 5.69 Å². The molecule has 0 heterocycles. The second kappa shape index (κ2) is 4.94. The Morgan fingerprint density at radius 3 is 2.62 bits per heavy atom. The van der Waals surface area contributed by atoms with E-state index >= 15 is 0 Å². The molecule has 0 aliphatic heterocycles. The number of benzene rings is 1. The Bertz CT molecular complexity index is 408. The summed E-state index contributed by atoms with van der Waals surface area (Å²) in [4.78, 5) is 0. The summed E-state index contributed by atoms with van der Waals surface area (Å²) in [5.41, 5.74) is 1.90. The van der Waals surface area contributed by atoms with Crippen molar-refractivity contribution in [3.8, 4) is 0 Å². The molecule has 2 nitrogen and oxygen atoms in total. The first-order valence-electron chi connectivity index (χ1n) is 5.21. The molecule has 0 bridgehead atoms. The zero-order valence-electron chi connectivity index (χ0n) is 9.11. The van der Waals surface area contributed by atoms with Crippen molar-refractivity contribution in [2.75, 3.05) is 12.4 Å². The van der Waals surface area contributed by atoms with E-state index in [1.165, 1.54) is 12.1 Å². The number of ether oxygens (including phenoxy) is 1. The van der Waals surface area contributed by atoms with Crippen molar-refractivity contribution in [2.45, 2.75) is 12.5 Å². The highest BCUT2D eigenvalue weighted by atomic mass is 19.1. The van der Waals surface area contributed by atoms with Gasteiger partial charge >= 0.3 is 0 Å². The predicted octanol–water partition coefficient (Wildman–Crippen LogP) is 3.10. The Balaban J connectivity index is 1.99. The number of allylic oxidation sites excluding steroid dienone is 1. The van der Waals surface area contributed by atoms with Crippen molar-refractivity contribution in [1.82, 2.24) is 0 Å². The fourth-order valence-corrected chi connectivity index (χ4v) is 1.57. The van der Waals surface area contributed by atoms with Crippen molar-refractivity contribution in [3.63, 3.8) is 0 Å². The summed E-state index contributed by atoms with van der Waals surface area (Å²) in [6, 6.07) is 6.31. The summed E-state index contributed by atoms with van der Waals surface area (Å²) >= 11 is 0. The first-order chi connectivity index (χ1) is 7.78. The first-order valence-corrected chi connectivity index (χ1v) is 5.21. The molecule has 0 radical (unpaired) electrons. The van der Waals surface area contributed by atoms with E-state index in [9.17, 15) is 4.39 Å². The molecule has 1 unspecified atom stereocenters. The van der Waals surface area contributed by atoms with Crippen LogP contribution in [0, 0.1) is 5.82 Å². The van der Waals surface area contributed by atoms with Gasteiger partial charge in [-0.05, 0) is 36.8 Å². The summed E-state index contributed by atoms with van der Waals surface area (Å²) < 4.78 is 17.9. The standard InChI is InChI=1S/C13H14FNO/c1-16-13-8-6-12(7-9-13)15-11-4-2-10(14)3-5-11/h2-8,13,15H,9H2,1H3. The average molecular weight is 219 g/mol. The van der Waals surface area contributed by atoms with Gasteiger partial charge in [0.15, 0.2) is 0 Å². The Morgan fingerprint density at radius 1 is 1.31 bits per heavy atom. The lowest BCUT2D eigenvalue weighted by Crippen LogP contribution is -2.11. The molecule has 0 aromatic heterocycles. The van der Waals surface area contributed by atoms with Gasteiger partial charge in [-0.2, -0.15) is 0 Å². The summed E-state index contributed by atoms with van der Waals surface area (Å²) in [6.07, 6.45) is 7.07. The maximum atomic E-state index is 12.7. The van der Waals surface area contributed by atoms with Crippen LogP contribution < -0.4 is 5.32 Å². The lowest BCUT2D eigenvalue weighted by molar-refractivity contribution is 0.142. The molecule has 1 N–H and O–H groups in total. The highest BCUT2D eigenvalue weighted by molar-refractivity contribution is 5.51. The maximum Gasteiger partial charge on any atom is 0.123 e. The van der Waals surface area contributed by atoms with E-state index in [0.717, 1.165) is 17.8 Å². The van der Waals surface area contributed by atoms with Gasteiger partial charge < -0.3 is 10.1 Å². The van der Waals surface area contributed by atoms with Crippen LogP contribution in [0.4, 0.5) is 10.1 Å². The van der Waals surface area contributed by atoms with Crippen LogP contribution in [-0.4, -0.2) is 13.2 Å². The molecule has 2 rings (SSSR count).